The molecule has 1 aliphatic heterocycles. The Balaban J connectivity index is 2.43. The number of hydrogen-bond donors (Lipinski definition) is 1. The zero-order chi connectivity index (χ0) is 11.6. The zero-order valence-electron chi connectivity index (χ0n) is 9.95. The summed E-state index contributed by atoms with van der Waals surface area (Å²) < 4.78 is 10.7. The van der Waals surface area contributed by atoms with Gasteiger partial charge in [0.2, 0.25) is 0 Å². The predicted octanol–water partition coefficient (Wildman–Crippen LogP) is 1.48. The van der Waals surface area contributed by atoms with Crippen molar-refractivity contribution in [3.8, 4) is 5.75 Å². The van der Waals surface area contributed by atoms with Crippen LogP contribution in [0.25, 0.3) is 0 Å². The van der Waals surface area contributed by atoms with Crippen LogP contribution in [0.4, 0.5) is 0 Å². The van der Waals surface area contributed by atoms with Crippen LogP contribution in [0, 0.1) is 0 Å². The fourth-order valence-electron chi connectivity index (χ4n) is 2.12. The highest BCUT2D eigenvalue weighted by molar-refractivity contribution is 5.44. The Hall–Kier alpha value is -1.06. The van der Waals surface area contributed by atoms with Crippen LogP contribution in [-0.2, 0) is 16.6 Å². The third-order valence-corrected chi connectivity index (χ3v) is 3.39. The van der Waals surface area contributed by atoms with Crippen LogP contribution in [-0.4, -0.2) is 26.9 Å². The minimum absolute atomic E-state index is 0.0312. The number of ether oxygens (including phenoxy) is 2. The van der Waals surface area contributed by atoms with E-state index in [4.69, 9.17) is 15.2 Å². The van der Waals surface area contributed by atoms with Crippen LogP contribution < -0.4 is 10.5 Å². The van der Waals surface area contributed by atoms with Crippen LogP contribution in [0.1, 0.15) is 18.1 Å². The van der Waals surface area contributed by atoms with E-state index in [9.17, 15) is 0 Å². The first-order valence-corrected chi connectivity index (χ1v) is 5.71. The van der Waals surface area contributed by atoms with Gasteiger partial charge >= 0.3 is 0 Å². The van der Waals surface area contributed by atoms with Gasteiger partial charge in [0.15, 0.2) is 0 Å². The molecule has 1 aliphatic rings. The van der Waals surface area contributed by atoms with Crippen molar-refractivity contribution in [2.24, 2.45) is 5.73 Å². The lowest BCUT2D eigenvalue weighted by Crippen LogP contribution is -2.52. The van der Waals surface area contributed by atoms with Crippen molar-refractivity contribution >= 4 is 0 Å². The standard InChI is InChI=1S/C13H19NO2/c1-3-10-4-5-12(15-2)11(6-10)13(7-14)8-16-9-13/h4-6H,3,7-9,14H2,1-2H3. The van der Waals surface area contributed by atoms with E-state index in [1.54, 1.807) is 7.11 Å². The largest absolute Gasteiger partial charge is 0.496 e. The van der Waals surface area contributed by atoms with Crippen molar-refractivity contribution in [2.75, 3.05) is 26.9 Å². The summed E-state index contributed by atoms with van der Waals surface area (Å²) in [6.45, 7) is 4.16. The molecule has 1 heterocycles. The summed E-state index contributed by atoms with van der Waals surface area (Å²) in [7, 11) is 1.70. The maximum atomic E-state index is 5.88. The number of methoxy groups -OCH3 is 1. The molecule has 0 atom stereocenters. The van der Waals surface area contributed by atoms with Gasteiger partial charge in [0.1, 0.15) is 5.75 Å². The number of benzene rings is 1. The molecule has 0 amide bonds. The Labute approximate surface area is 96.5 Å². The summed E-state index contributed by atoms with van der Waals surface area (Å²) in [6.07, 6.45) is 1.03. The second-order valence-electron chi connectivity index (χ2n) is 4.37. The summed E-state index contributed by atoms with van der Waals surface area (Å²) >= 11 is 0. The van der Waals surface area contributed by atoms with Crippen LogP contribution in [0.2, 0.25) is 0 Å². The van der Waals surface area contributed by atoms with Gasteiger partial charge in [0.25, 0.3) is 0 Å². The maximum absolute atomic E-state index is 5.88. The summed E-state index contributed by atoms with van der Waals surface area (Å²) in [6, 6.07) is 6.34. The highest BCUT2D eigenvalue weighted by Crippen LogP contribution is 2.37. The topological polar surface area (TPSA) is 44.5 Å². The molecule has 2 rings (SSSR count). The van der Waals surface area contributed by atoms with Gasteiger partial charge in [-0.2, -0.15) is 0 Å². The van der Waals surface area contributed by atoms with Crippen molar-refractivity contribution in [3.05, 3.63) is 29.3 Å². The van der Waals surface area contributed by atoms with Gasteiger partial charge < -0.3 is 15.2 Å². The average molecular weight is 221 g/mol. The molecule has 0 spiro atoms. The van der Waals surface area contributed by atoms with Gasteiger partial charge in [-0.15, -0.1) is 0 Å². The molecule has 1 aromatic carbocycles. The Morgan fingerprint density at radius 3 is 2.62 bits per heavy atom. The van der Waals surface area contributed by atoms with Crippen molar-refractivity contribution in [2.45, 2.75) is 18.8 Å². The van der Waals surface area contributed by atoms with Gasteiger partial charge in [-0.3, -0.25) is 0 Å². The first-order chi connectivity index (χ1) is 7.75. The zero-order valence-corrected chi connectivity index (χ0v) is 9.95. The van der Waals surface area contributed by atoms with Crippen LogP contribution in [0.5, 0.6) is 5.75 Å². The minimum Gasteiger partial charge on any atom is -0.496 e. The SMILES string of the molecule is CCc1ccc(OC)c(C2(CN)COC2)c1. The number of aryl methyl sites for hydroxylation is 1. The molecular weight excluding hydrogens is 202 g/mol. The molecule has 2 N–H and O–H groups in total. The quantitative estimate of drug-likeness (QED) is 0.837. The monoisotopic (exact) mass is 221 g/mol. The van der Waals surface area contributed by atoms with E-state index in [0.717, 1.165) is 12.2 Å². The summed E-state index contributed by atoms with van der Waals surface area (Å²) in [5, 5.41) is 0. The molecule has 88 valence electrons. The van der Waals surface area contributed by atoms with E-state index in [-0.39, 0.29) is 5.41 Å². The van der Waals surface area contributed by atoms with Crippen molar-refractivity contribution in [3.63, 3.8) is 0 Å². The molecule has 0 aromatic heterocycles. The van der Waals surface area contributed by atoms with Crippen molar-refractivity contribution in [1.82, 2.24) is 0 Å². The molecule has 3 heteroatoms. The first-order valence-electron chi connectivity index (χ1n) is 5.71. The first kappa shape index (κ1) is 11.4. The highest BCUT2D eigenvalue weighted by Gasteiger charge is 2.41. The van der Waals surface area contributed by atoms with Gasteiger partial charge in [-0.05, 0) is 18.1 Å². The fraction of sp³-hybridized carbons (Fsp3) is 0.538. The molecule has 16 heavy (non-hydrogen) atoms. The van der Waals surface area contributed by atoms with Crippen LogP contribution in [0.15, 0.2) is 18.2 Å². The van der Waals surface area contributed by atoms with Gasteiger partial charge in [0.05, 0.1) is 25.7 Å². The van der Waals surface area contributed by atoms with Gasteiger partial charge in [0, 0.05) is 12.1 Å². The molecule has 0 bridgehead atoms. The Morgan fingerprint density at radius 2 is 2.19 bits per heavy atom. The van der Waals surface area contributed by atoms with Crippen molar-refractivity contribution < 1.29 is 9.47 Å². The second kappa shape index (κ2) is 4.44. The minimum atomic E-state index is -0.0312. The normalized spacial score (nSPS) is 17.9. The van der Waals surface area contributed by atoms with E-state index < -0.39 is 0 Å². The van der Waals surface area contributed by atoms with Gasteiger partial charge in [-0.25, -0.2) is 0 Å². The van der Waals surface area contributed by atoms with E-state index in [2.05, 4.69) is 19.1 Å². The van der Waals surface area contributed by atoms with E-state index in [0.29, 0.717) is 19.8 Å². The Kier molecular flexibility index (Phi) is 3.17. The number of nitrogens with two attached hydrogens (primary N) is 1. The molecule has 0 saturated carbocycles. The molecule has 3 nitrogen and oxygen atoms in total. The molecule has 0 radical (unpaired) electrons. The number of rotatable bonds is 4. The molecule has 0 aliphatic carbocycles. The highest BCUT2D eigenvalue weighted by atomic mass is 16.5. The maximum Gasteiger partial charge on any atom is 0.122 e. The predicted molar refractivity (Wildman–Crippen MR) is 63.9 cm³/mol. The molecule has 1 aromatic rings. The number of hydrogen-bond acceptors (Lipinski definition) is 3. The summed E-state index contributed by atoms with van der Waals surface area (Å²) in [4.78, 5) is 0. The molecular formula is C13H19NO2. The molecule has 1 saturated heterocycles. The van der Waals surface area contributed by atoms with Crippen LogP contribution in [0.3, 0.4) is 0 Å². The van der Waals surface area contributed by atoms with E-state index in [1.165, 1.54) is 11.1 Å². The molecule has 1 fully saturated rings. The Bertz CT molecular complexity index is 367. The summed E-state index contributed by atoms with van der Waals surface area (Å²) in [5.41, 5.74) is 8.36. The lowest BCUT2D eigenvalue weighted by molar-refractivity contribution is -0.0559. The lowest BCUT2D eigenvalue weighted by Gasteiger charge is -2.41. The van der Waals surface area contributed by atoms with E-state index >= 15 is 0 Å². The smallest absolute Gasteiger partial charge is 0.122 e. The molecule has 0 unspecified atom stereocenters. The second-order valence-corrected chi connectivity index (χ2v) is 4.37. The third-order valence-electron chi connectivity index (χ3n) is 3.39. The van der Waals surface area contributed by atoms with Gasteiger partial charge in [-0.1, -0.05) is 19.1 Å². The summed E-state index contributed by atoms with van der Waals surface area (Å²) in [5.74, 6) is 0.922. The van der Waals surface area contributed by atoms with Crippen LogP contribution >= 0.6 is 0 Å². The Morgan fingerprint density at radius 1 is 1.44 bits per heavy atom. The lowest BCUT2D eigenvalue weighted by atomic mass is 9.77. The third kappa shape index (κ3) is 1.70. The fourth-order valence-corrected chi connectivity index (χ4v) is 2.12. The average Bonchev–Trinajstić information content (AvgIpc) is 2.28. The van der Waals surface area contributed by atoms with E-state index in [1.807, 2.05) is 6.07 Å². The van der Waals surface area contributed by atoms with Crippen molar-refractivity contribution in [1.29, 1.82) is 0 Å².